The van der Waals surface area contributed by atoms with Crippen LogP contribution in [0.25, 0.3) is 0 Å². The predicted octanol–water partition coefficient (Wildman–Crippen LogP) is 5.49. The van der Waals surface area contributed by atoms with E-state index in [1.54, 1.807) is 22.4 Å². The Balaban J connectivity index is 1.53. The Hall–Kier alpha value is -2.46. The van der Waals surface area contributed by atoms with Crippen LogP contribution in [-0.2, 0) is 30.5 Å². The van der Waals surface area contributed by atoms with Crippen molar-refractivity contribution in [2.24, 2.45) is 0 Å². The van der Waals surface area contributed by atoms with Crippen LogP contribution in [0.15, 0.2) is 53.9 Å². The number of carbonyl (C=O) groups is 1. The first-order valence-corrected chi connectivity index (χ1v) is 12.0. The van der Waals surface area contributed by atoms with Gasteiger partial charge in [0.1, 0.15) is 10.7 Å². The molecule has 2 heterocycles. The molecule has 34 heavy (non-hydrogen) atoms. The first-order chi connectivity index (χ1) is 16.3. The van der Waals surface area contributed by atoms with E-state index in [2.05, 4.69) is 4.98 Å². The number of rotatable bonds is 7. The number of hydrogen-bond donors (Lipinski definition) is 0. The Labute approximate surface area is 204 Å². The molecule has 10 heteroatoms. The maximum Gasteiger partial charge on any atom is 0.416 e. The number of ether oxygens (including phenoxy) is 1. The van der Waals surface area contributed by atoms with Crippen LogP contribution in [0.5, 0.6) is 0 Å². The Morgan fingerprint density at radius 2 is 1.74 bits per heavy atom. The fourth-order valence-electron chi connectivity index (χ4n) is 3.77. The summed E-state index contributed by atoms with van der Waals surface area (Å²) in [5, 5.41) is 3.03. The number of amides is 1. The lowest BCUT2D eigenvalue weighted by atomic mass is 10.1. The van der Waals surface area contributed by atoms with Gasteiger partial charge in [0.25, 0.3) is 5.91 Å². The summed E-state index contributed by atoms with van der Waals surface area (Å²) < 4.78 is 44.9. The molecule has 0 unspecified atom stereocenters. The lowest BCUT2D eigenvalue weighted by molar-refractivity contribution is -0.137. The fourth-order valence-corrected chi connectivity index (χ4v) is 4.79. The van der Waals surface area contributed by atoms with Crippen LogP contribution in [0.2, 0.25) is 5.02 Å². The van der Waals surface area contributed by atoms with E-state index in [1.807, 2.05) is 23.1 Å². The van der Waals surface area contributed by atoms with Crippen LogP contribution >= 0.6 is 22.9 Å². The summed E-state index contributed by atoms with van der Waals surface area (Å²) in [7, 11) is 0. The van der Waals surface area contributed by atoms with Gasteiger partial charge in [-0.15, -0.1) is 11.3 Å². The normalized spacial score (nSPS) is 14.6. The second-order valence-corrected chi connectivity index (χ2v) is 9.38. The van der Waals surface area contributed by atoms with Gasteiger partial charge in [-0.3, -0.25) is 9.69 Å². The molecule has 1 aliphatic heterocycles. The van der Waals surface area contributed by atoms with Crippen LogP contribution in [0, 0.1) is 0 Å². The monoisotopic (exact) mass is 509 g/mol. The summed E-state index contributed by atoms with van der Waals surface area (Å²) in [5.74, 6) is -0.134. The van der Waals surface area contributed by atoms with E-state index >= 15 is 0 Å². The van der Waals surface area contributed by atoms with Gasteiger partial charge in [-0.05, 0) is 29.3 Å². The first-order valence-electron chi connectivity index (χ1n) is 10.7. The van der Waals surface area contributed by atoms with Crippen molar-refractivity contribution in [2.75, 3.05) is 26.3 Å². The van der Waals surface area contributed by atoms with Crippen molar-refractivity contribution in [2.45, 2.75) is 25.8 Å². The molecule has 1 fully saturated rings. The molecule has 0 atom stereocenters. The van der Waals surface area contributed by atoms with Gasteiger partial charge in [-0.2, -0.15) is 13.2 Å². The number of aromatic nitrogens is 1. The van der Waals surface area contributed by atoms with Crippen LogP contribution in [0.3, 0.4) is 0 Å². The summed E-state index contributed by atoms with van der Waals surface area (Å²) in [4.78, 5) is 21.0. The van der Waals surface area contributed by atoms with E-state index < -0.39 is 11.7 Å². The number of carbonyl (C=O) groups excluding carboxylic acids is 1. The summed E-state index contributed by atoms with van der Waals surface area (Å²) in [6, 6.07) is 12.7. The van der Waals surface area contributed by atoms with Gasteiger partial charge in [0.15, 0.2) is 0 Å². The predicted molar refractivity (Wildman–Crippen MR) is 125 cm³/mol. The summed E-state index contributed by atoms with van der Waals surface area (Å²) in [6.07, 6.45) is -4.40. The molecule has 1 amide bonds. The number of hydrogen-bond acceptors (Lipinski definition) is 5. The highest BCUT2D eigenvalue weighted by molar-refractivity contribution is 7.09. The van der Waals surface area contributed by atoms with E-state index in [9.17, 15) is 18.0 Å². The lowest BCUT2D eigenvalue weighted by Crippen LogP contribution is -2.40. The molecule has 0 N–H and O–H groups in total. The highest BCUT2D eigenvalue weighted by Gasteiger charge is 2.30. The molecule has 0 bridgehead atoms. The molecule has 0 radical (unpaired) electrons. The number of halogens is 4. The molecule has 1 aliphatic rings. The largest absolute Gasteiger partial charge is 0.416 e. The van der Waals surface area contributed by atoms with Gasteiger partial charge in [0.05, 0.1) is 25.3 Å². The van der Waals surface area contributed by atoms with Gasteiger partial charge in [-0.25, -0.2) is 4.98 Å². The zero-order chi connectivity index (χ0) is 24.1. The second-order valence-electron chi connectivity index (χ2n) is 8.00. The maximum absolute atomic E-state index is 13.2. The van der Waals surface area contributed by atoms with E-state index in [4.69, 9.17) is 16.3 Å². The van der Waals surface area contributed by atoms with Crippen molar-refractivity contribution in [3.8, 4) is 0 Å². The number of alkyl halides is 3. The Morgan fingerprint density at radius 1 is 1.06 bits per heavy atom. The van der Waals surface area contributed by atoms with Crippen molar-refractivity contribution >= 4 is 28.8 Å². The van der Waals surface area contributed by atoms with Gasteiger partial charge in [0, 0.05) is 36.6 Å². The molecule has 5 nitrogen and oxygen atoms in total. The zero-order valence-electron chi connectivity index (χ0n) is 18.2. The van der Waals surface area contributed by atoms with Crippen LogP contribution in [-0.4, -0.2) is 47.0 Å². The maximum atomic E-state index is 13.2. The van der Waals surface area contributed by atoms with Crippen LogP contribution < -0.4 is 0 Å². The summed E-state index contributed by atoms with van der Waals surface area (Å²) in [6.45, 7) is 3.19. The summed E-state index contributed by atoms with van der Waals surface area (Å²) in [5.41, 5.74) is 1.17. The van der Waals surface area contributed by atoms with Crippen molar-refractivity contribution in [1.29, 1.82) is 0 Å². The smallest absolute Gasteiger partial charge is 0.378 e. The van der Waals surface area contributed by atoms with E-state index in [0.29, 0.717) is 60.7 Å². The van der Waals surface area contributed by atoms with Gasteiger partial charge in [-0.1, -0.05) is 41.9 Å². The first kappa shape index (κ1) is 24.7. The standard InChI is InChI=1S/C24H23ClF3N3O2S/c25-20-6-2-4-18(12-20)14-30(13-17-3-1-5-19(11-17)24(26,27)28)15-22-29-21(16-34-22)23(32)31-7-9-33-10-8-31/h1-6,11-12,16H,7-10,13-15H2. The average molecular weight is 510 g/mol. The van der Waals surface area contributed by atoms with Crippen LogP contribution in [0.1, 0.15) is 32.2 Å². The van der Waals surface area contributed by atoms with E-state index in [1.165, 1.54) is 23.5 Å². The van der Waals surface area contributed by atoms with Crippen LogP contribution in [0.4, 0.5) is 13.2 Å². The minimum atomic E-state index is -4.40. The molecule has 0 aliphatic carbocycles. The molecule has 4 rings (SSSR count). The molecular weight excluding hydrogens is 487 g/mol. The van der Waals surface area contributed by atoms with Crippen molar-refractivity contribution in [1.82, 2.24) is 14.8 Å². The molecule has 3 aromatic rings. The Bertz CT molecular complexity index is 1130. The number of benzene rings is 2. The molecule has 180 valence electrons. The summed E-state index contributed by atoms with van der Waals surface area (Å²) >= 11 is 7.49. The second kappa shape index (κ2) is 10.9. The minimum Gasteiger partial charge on any atom is -0.378 e. The third kappa shape index (κ3) is 6.56. The highest BCUT2D eigenvalue weighted by Crippen LogP contribution is 2.30. The number of thiazole rings is 1. The third-order valence-corrected chi connectivity index (χ3v) is 6.45. The molecular formula is C24H23ClF3N3O2S. The SMILES string of the molecule is O=C(c1csc(CN(Cc2cccc(Cl)c2)Cc2cccc(C(F)(F)F)c2)n1)N1CCOCC1. The molecule has 0 spiro atoms. The average Bonchev–Trinajstić information content (AvgIpc) is 3.27. The number of nitrogens with zero attached hydrogens (tertiary/aromatic N) is 3. The van der Waals surface area contributed by atoms with Gasteiger partial charge >= 0.3 is 6.18 Å². The van der Waals surface area contributed by atoms with Crippen molar-refractivity contribution in [3.05, 3.63) is 86.3 Å². The zero-order valence-corrected chi connectivity index (χ0v) is 19.8. The topological polar surface area (TPSA) is 45.7 Å². The van der Waals surface area contributed by atoms with Crippen molar-refractivity contribution < 1.29 is 22.7 Å². The third-order valence-electron chi connectivity index (χ3n) is 5.38. The van der Waals surface area contributed by atoms with Gasteiger partial charge in [0.2, 0.25) is 0 Å². The lowest BCUT2D eigenvalue weighted by Gasteiger charge is -2.26. The fraction of sp³-hybridized carbons (Fsp3) is 0.333. The molecule has 1 aromatic heterocycles. The Kier molecular flexibility index (Phi) is 7.88. The van der Waals surface area contributed by atoms with E-state index in [0.717, 1.165) is 11.6 Å². The quantitative estimate of drug-likeness (QED) is 0.422. The molecule has 0 saturated carbocycles. The minimum absolute atomic E-state index is 0.134. The highest BCUT2D eigenvalue weighted by atomic mass is 35.5. The van der Waals surface area contributed by atoms with Gasteiger partial charge < -0.3 is 9.64 Å². The Morgan fingerprint density at radius 3 is 2.41 bits per heavy atom. The van der Waals surface area contributed by atoms with Crippen molar-refractivity contribution in [3.63, 3.8) is 0 Å². The molecule has 2 aromatic carbocycles. The number of morpholine rings is 1. The molecule has 1 saturated heterocycles. The van der Waals surface area contributed by atoms with E-state index in [-0.39, 0.29) is 12.5 Å².